The minimum atomic E-state index is -0.0411. The van der Waals surface area contributed by atoms with Crippen molar-refractivity contribution in [2.75, 3.05) is 6.61 Å². The molecule has 4 heteroatoms. The molecule has 0 atom stereocenters. The van der Waals surface area contributed by atoms with Gasteiger partial charge in [-0.1, -0.05) is 6.07 Å². The van der Waals surface area contributed by atoms with E-state index in [1.807, 2.05) is 11.4 Å². The van der Waals surface area contributed by atoms with Gasteiger partial charge in [0.2, 0.25) is 5.78 Å². The van der Waals surface area contributed by atoms with Gasteiger partial charge in [-0.25, -0.2) is 0 Å². The SMILES string of the molecule is CC(=O)c1ccc(OCC(=O)c2cccs2)cc1. The van der Waals surface area contributed by atoms with E-state index in [0.717, 1.165) is 0 Å². The maximum atomic E-state index is 11.7. The predicted octanol–water partition coefficient (Wildman–Crippen LogP) is 3.21. The fourth-order valence-electron chi connectivity index (χ4n) is 1.44. The maximum absolute atomic E-state index is 11.7. The summed E-state index contributed by atoms with van der Waals surface area (Å²) in [6.07, 6.45) is 0. The molecule has 0 aliphatic rings. The van der Waals surface area contributed by atoms with E-state index in [9.17, 15) is 9.59 Å². The predicted molar refractivity (Wildman–Crippen MR) is 70.6 cm³/mol. The van der Waals surface area contributed by atoms with E-state index < -0.39 is 0 Å². The van der Waals surface area contributed by atoms with Gasteiger partial charge in [0.1, 0.15) is 5.75 Å². The number of ether oxygens (including phenoxy) is 1. The Bertz CT molecular complexity index is 541. The number of carbonyl (C=O) groups excluding carboxylic acids is 2. The van der Waals surface area contributed by atoms with E-state index in [2.05, 4.69) is 0 Å². The summed E-state index contributed by atoms with van der Waals surface area (Å²) in [6, 6.07) is 10.4. The first-order valence-corrected chi connectivity index (χ1v) is 6.35. The van der Waals surface area contributed by atoms with Gasteiger partial charge in [0, 0.05) is 5.56 Å². The Morgan fingerprint density at radius 3 is 2.44 bits per heavy atom. The van der Waals surface area contributed by atoms with Gasteiger partial charge in [0.25, 0.3) is 0 Å². The number of Topliss-reactive ketones (excluding diaryl/α,β-unsaturated/α-hetero) is 2. The minimum absolute atomic E-state index is 0.0104. The standard InChI is InChI=1S/C14H12O3S/c1-10(15)11-4-6-12(7-5-11)17-9-13(16)14-3-2-8-18-14/h2-8H,9H2,1H3. The third-order valence-electron chi connectivity index (χ3n) is 2.43. The third kappa shape index (κ3) is 3.05. The van der Waals surface area contributed by atoms with E-state index in [0.29, 0.717) is 16.2 Å². The summed E-state index contributed by atoms with van der Waals surface area (Å²) in [5.41, 5.74) is 0.631. The number of thiophene rings is 1. The molecule has 0 saturated carbocycles. The molecule has 0 unspecified atom stereocenters. The number of rotatable bonds is 5. The maximum Gasteiger partial charge on any atom is 0.210 e. The molecule has 18 heavy (non-hydrogen) atoms. The lowest BCUT2D eigenvalue weighted by Gasteiger charge is -2.04. The van der Waals surface area contributed by atoms with Crippen LogP contribution in [-0.2, 0) is 0 Å². The highest BCUT2D eigenvalue weighted by Gasteiger charge is 2.07. The first kappa shape index (κ1) is 12.5. The fraction of sp³-hybridized carbons (Fsp3) is 0.143. The molecule has 1 heterocycles. The number of hydrogen-bond donors (Lipinski definition) is 0. The zero-order valence-electron chi connectivity index (χ0n) is 9.88. The van der Waals surface area contributed by atoms with Crippen molar-refractivity contribution in [1.82, 2.24) is 0 Å². The fourth-order valence-corrected chi connectivity index (χ4v) is 2.09. The molecule has 0 fully saturated rings. The van der Waals surface area contributed by atoms with Crippen LogP contribution in [0.5, 0.6) is 5.75 Å². The van der Waals surface area contributed by atoms with Crippen molar-refractivity contribution in [3.8, 4) is 5.75 Å². The number of carbonyl (C=O) groups is 2. The van der Waals surface area contributed by atoms with Crippen LogP contribution in [-0.4, -0.2) is 18.2 Å². The molecule has 0 spiro atoms. The Kier molecular flexibility index (Phi) is 3.89. The van der Waals surface area contributed by atoms with Crippen molar-refractivity contribution in [3.05, 3.63) is 52.2 Å². The molecule has 0 aliphatic heterocycles. The van der Waals surface area contributed by atoms with Crippen LogP contribution in [0.2, 0.25) is 0 Å². The normalized spacial score (nSPS) is 10.1. The lowest BCUT2D eigenvalue weighted by atomic mass is 10.1. The van der Waals surface area contributed by atoms with Gasteiger partial charge in [-0.3, -0.25) is 9.59 Å². The van der Waals surface area contributed by atoms with E-state index >= 15 is 0 Å². The van der Waals surface area contributed by atoms with Gasteiger partial charge >= 0.3 is 0 Å². The first-order chi connectivity index (χ1) is 8.66. The lowest BCUT2D eigenvalue weighted by molar-refractivity contribution is 0.0924. The molecule has 0 amide bonds. The van der Waals surface area contributed by atoms with Crippen LogP contribution in [0.4, 0.5) is 0 Å². The van der Waals surface area contributed by atoms with E-state index in [1.165, 1.54) is 18.3 Å². The van der Waals surface area contributed by atoms with Gasteiger partial charge in [0.15, 0.2) is 12.4 Å². The van der Waals surface area contributed by atoms with Crippen molar-refractivity contribution >= 4 is 22.9 Å². The zero-order chi connectivity index (χ0) is 13.0. The molecule has 0 radical (unpaired) electrons. The number of ketones is 2. The first-order valence-electron chi connectivity index (χ1n) is 5.47. The van der Waals surface area contributed by atoms with Gasteiger partial charge < -0.3 is 4.74 Å². The minimum Gasteiger partial charge on any atom is -0.485 e. The summed E-state index contributed by atoms with van der Waals surface area (Å²) in [6.45, 7) is 1.52. The van der Waals surface area contributed by atoms with Crippen LogP contribution in [0.25, 0.3) is 0 Å². The second-order valence-corrected chi connectivity index (χ2v) is 4.72. The second-order valence-electron chi connectivity index (χ2n) is 3.77. The van der Waals surface area contributed by atoms with E-state index in [1.54, 1.807) is 30.3 Å². The molecule has 0 saturated heterocycles. The molecule has 0 bridgehead atoms. The van der Waals surface area contributed by atoms with Gasteiger partial charge in [0.05, 0.1) is 4.88 Å². The second kappa shape index (κ2) is 5.60. The Morgan fingerprint density at radius 2 is 1.89 bits per heavy atom. The highest BCUT2D eigenvalue weighted by atomic mass is 32.1. The van der Waals surface area contributed by atoms with Crippen molar-refractivity contribution in [2.45, 2.75) is 6.92 Å². The zero-order valence-corrected chi connectivity index (χ0v) is 10.7. The Labute approximate surface area is 109 Å². The Balaban J connectivity index is 1.94. The van der Waals surface area contributed by atoms with Crippen LogP contribution >= 0.6 is 11.3 Å². The topological polar surface area (TPSA) is 43.4 Å². The van der Waals surface area contributed by atoms with Crippen molar-refractivity contribution in [2.24, 2.45) is 0 Å². The van der Waals surface area contributed by atoms with Gasteiger partial charge in [-0.05, 0) is 42.6 Å². The Morgan fingerprint density at radius 1 is 1.17 bits per heavy atom. The van der Waals surface area contributed by atoms with Crippen LogP contribution in [0.1, 0.15) is 27.0 Å². The van der Waals surface area contributed by atoms with Crippen molar-refractivity contribution in [1.29, 1.82) is 0 Å². The van der Waals surface area contributed by atoms with E-state index in [-0.39, 0.29) is 18.2 Å². The summed E-state index contributed by atoms with van der Waals surface area (Å²) in [5, 5.41) is 1.86. The Hall–Kier alpha value is -1.94. The highest BCUT2D eigenvalue weighted by Crippen LogP contribution is 2.14. The number of hydrogen-bond acceptors (Lipinski definition) is 4. The van der Waals surface area contributed by atoms with Crippen LogP contribution < -0.4 is 4.74 Å². The van der Waals surface area contributed by atoms with Crippen LogP contribution in [0.15, 0.2) is 41.8 Å². The summed E-state index contributed by atoms with van der Waals surface area (Å²) in [7, 11) is 0. The van der Waals surface area contributed by atoms with Gasteiger partial charge in [-0.15, -0.1) is 11.3 Å². The van der Waals surface area contributed by atoms with Crippen molar-refractivity contribution in [3.63, 3.8) is 0 Å². The molecule has 2 rings (SSSR count). The average Bonchev–Trinajstić information content (AvgIpc) is 2.90. The van der Waals surface area contributed by atoms with Crippen molar-refractivity contribution < 1.29 is 14.3 Å². The molecule has 3 nitrogen and oxygen atoms in total. The lowest BCUT2D eigenvalue weighted by Crippen LogP contribution is -2.10. The molecule has 1 aromatic carbocycles. The third-order valence-corrected chi connectivity index (χ3v) is 3.34. The summed E-state index contributed by atoms with van der Waals surface area (Å²) in [4.78, 5) is 23.5. The number of benzene rings is 1. The monoisotopic (exact) mass is 260 g/mol. The molecular formula is C14H12O3S. The molecule has 92 valence electrons. The van der Waals surface area contributed by atoms with Crippen LogP contribution in [0.3, 0.4) is 0 Å². The summed E-state index contributed by atoms with van der Waals surface area (Å²) < 4.78 is 5.37. The highest BCUT2D eigenvalue weighted by molar-refractivity contribution is 7.12. The smallest absolute Gasteiger partial charge is 0.210 e. The summed E-state index contributed by atoms with van der Waals surface area (Å²) >= 11 is 1.40. The average molecular weight is 260 g/mol. The molecular weight excluding hydrogens is 248 g/mol. The molecule has 0 N–H and O–H groups in total. The quantitative estimate of drug-likeness (QED) is 0.775. The van der Waals surface area contributed by atoms with E-state index in [4.69, 9.17) is 4.74 Å². The van der Waals surface area contributed by atoms with Crippen LogP contribution in [0, 0.1) is 0 Å². The largest absolute Gasteiger partial charge is 0.485 e. The molecule has 2 aromatic rings. The molecule has 0 aliphatic carbocycles. The van der Waals surface area contributed by atoms with Gasteiger partial charge in [-0.2, -0.15) is 0 Å². The summed E-state index contributed by atoms with van der Waals surface area (Å²) in [5.74, 6) is 0.557. The molecule has 1 aromatic heterocycles.